The standard InChI is InChI=1S/C16H17N3O3S2/c1-19(10-11-3-5-12(23-2)6-4-11)24(21,22)13-7-8-14-15(9-13)18-16(20)17-14/h3-9H,10H2,1-2H3,(H2,17,18,20). The maximum Gasteiger partial charge on any atom is 0.323 e. The Morgan fingerprint density at radius 3 is 2.38 bits per heavy atom. The van der Waals surface area contributed by atoms with Crippen LogP contribution in [0.2, 0.25) is 0 Å². The van der Waals surface area contributed by atoms with Crippen LogP contribution in [0.25, 0.3) is 11.0 Å². The zero-order valence-corrected chi connectivity index (χ0v) is 14.9. The van der Waals surface area contributed by atoms with Crippen molar-refractivity contribution in [2.75, 3.05) is 13.3 Å². The van der Waals surface area contributed by atoms with Crippen LogP contribution < -0.4 is 5.69 Å². The Balaban J connectivity index is 1.87. The number of nitrogens with zero attached hydrogens (tertiary/aromatic N) is 1. The highest BCUT2D eigenvalue weighted by molar-refractivity contribution is 7.98. The summed E-state index contributed by atoms with van der Waals surface area (Å²) in [7, 11) is -2.10. The molecule has 1 aromatic heterocycles. The molecule has 0 fully saturated rings. The summed E-state index contributed by atoms with van der Waals surface area (Å²) in [6, 6.07) is 12.3. The van der Waals surface area contributed by atoms with Gasteiger partial charge in [-0.25, -0.2) is 13.2 Å². The lowest BCUT2D eigenvalue weighted by atomic mass is 10.2. The van der Waals surface area contributed by atoms with Crippen LogP contribution in [0.15, 0.2) is 57.1 Å². The topological polar surface area (TPSA) is 86.0 Å². The molecular formula is C16H17N3O3S2. The normalized spacial score (nSPS) is 12.1. The molecule has 0 aliphatic carbocycles. The van der Waals surface area contributed by atoms with E-state index in [1.54, 1.807) is 24.9 Å². The summed E-state index contributed by atoms with van der Waals surface area (Å²) in [5.74, 6) is 0. The lowest BCUT2D eigenvalue weighted by Gasteiger charge is -2.17. The molecule has 0 saturated carbocycles. The fourth-order valence-electron chi connectivity index (χ4n) is 2.43. The predicted molar refractivity (Wildman–Crippen MR) is 95.8 cm³/mol. The van der Waals surface area contributed by atoms with Crippen molar-refractivity contribution in [3.63, 3.8) is 0 Å². The summed E-state index contributed by atoms with van der Waals surface area (Å²) >= 11 is 1.64. The van der Waals surface area contributed by atoms with Crippen molar-refractivity contribution in [2.24, 2.45) is 0 Å². The Kier molecular flexibility index (Phi) is 4.53. The third-order valence-electron chi connectivity index (χ3n) is 3.76. The van der Waals surface area contributed by atoms with Gasteiger partial charge in [0.2, 0.25) is 10.0 Å². The maximum atomic E-state index is 12.7. The molecule has 24 heavy (non-hydrogen) atoms. The van der Waals surface area contributed by atoms with Crippen LogP contribution in [0.4, 0.5) is 0 Å². The van der Waals surface area contributed by atoms with Crippen molar-refractivity contribution in [1.29, 1.82) is 0 Å². The Hall–Kier alpha value is -2.03. The van der Waals surface area contributed by atoms with E-state index >= 15 is 0 Å². The van der Waals surface area contributed by atoms with Gasteiger partial charge < -0.3 is 9.97 Å². The summed E-state index contributed by atoms with van der Waals surface area (Å²) in [5, 5.41) is 0. The molecule has 0 unspecified atom stereocenters. The second-order valence-corrected chi connectivity index (χ2v) is 8.32. The molecule has 0 aliphatic heterocycles. The minimum atomic E-state index is -3.64. The predicted octanol–water partition coefficient (Wildman–Crippen LogP) is 2.40. The van der Waals surface area contributed by atoms with E-state index in [9.17, 15) is 13.2 Å². The van der Waals surface area contributed by atoms with E-state index in [4.69, 9.17) is 0 Å². The molecule has 0 saturated heterocycles. The van der Waals surface area contributed by atoms with Gasteiger partial charge in [-0.1, -0.05) is 12.1 Å². The smallest absolute Gasteiger partial charge is 0.306 e. The second-order valence-electron chi connectivity index (χ2n) is 5.40. The van der Waals surface area contributed by atoms with Crippen molar-refractivity contribution in [1.82, 2.24) is 14.3 Å². The van der Waals surface area contributed by atoms with Gasteiger partial charge in [0.1, 0.15) is 0 Å². The van der Waals surface area contributed by atoms with E-state index in [-0.39, 0.29) is 17.1 Å². The number of hydrogen-bond donors (Lipinski definition) is 2. The van der Waals surface area contributed by atoms with Crippen LogP contribution in [-0.2, 0) is 16.6 Å². The number of H-pyrrole nitrogens is 2. The first-order valence-electron chi connectivity index (χ1n) is 7.21. The van der Waals surface area contributed by atoms with Gasteiger partial charge >= 0.3 is 5.69 Å². The van der Waals surface area contributed by atoms with Crippen molar-refractivity contribution in [3.05, 3.63) is 58.5 Å². The molecule has 0 spiro atoms. The van der Waals surface area contributed by atoms with Crippen LogP contribution in [-0.4, -0.2) is 36.0 Å². The van der Waals surface area contributed by atoms with Gasteiger partial charge in [0.15, 0.2) is 0 Å². The first-order chi connectivity index (χ1) is 11.4. The van der Waals surface area contributed by atoms with Gasteiger partial charge in [0.25, 0.3) is 0 Å². The zero-order chi connectivity index (χ0) is 17.3. The Labute approximate surface area is 143 Å². The molecule has 6 nitrogen and oxygen atoms in total. The molecule has 0 bridgehead atoms. The molecule has 0 amide bonds. The third kappa shape index (κ3) is 3.26. The monoisotopic (exact) mass is 363 g/mol. The molecule has 2 aromatic carbocycles. The summed E-state index contributed by atoms with van der Waals surface area (Å²) < 4.78 is 26.8. The number of imidazole rings is 1. The molecule has 2 N–H and O–H groups in total. The minimum absolute atomic E-state index is 0.147. The summed E-state index contributed by atoms with van der Waals surface area (Å²) in [4.78, 5) is 17.8. The highest BCUT2D eigenvalue weighted by atomic mass is 32.2. The van der Waals surface area contributed by atoms with Crippen LogP contribution in [0, 0.1) is 0 Å². The van der Waals surface area contributed by atoms with Crippen molar-refractivity contribution < 1.29 is 8.42 Å². The van der Waals surface area contributed by atoms with Crippen LogP contribution in [0.5, 0.6) is 0 Å². The van der Waals surface area contributed by atoms with Gasteiger partial charge in [-0.3, -0.25) is 0 Å². The third-order valence-corrected chi connectivity index (χ3v) is 6.30. The maximum absolute atomic E-state index is 12.7. The van der Waals surface area contributed by atoms with Crippen molar-refractivity contribution in [2.45, 2.75) is 16.3 Å². The first-order valence-corrected chi connectivity index (χ1v) is 9.88. The van der Waals surface area contributed by atoms with Crippen molar-refractivity contribution in [3.8, 4) is 0 Å². The highest BCUT2D eigenvalue weighted by Crippen LogP contribution is 2.21. The largest absolute Gasteiger partial charge is 0.323 e. The summed E-state index contributed by atoms with van der Waals surface area (Å²) in [6.07, 6.45) is 1.99. The SMILES string of the molecule is CSc1ccc(CN(C)S(=O)(=O)c2ccc3[nH]c(=O)[nH]c3c2)cc1. The number of nitrogens with one attached hydrogen (secondary N) is 2. The molecule has 8 heteroatoms. The van der Waals surface area contributed by atoms with E-state index in [0.29, 0.717) is 11.0 Å². The summed E-state index contributed by atoms with van der Waals surface area (Å²) in [6.45, 7) is 0.276. The molecule has 3 aromatic rings. The van der Waals surface area contributed by atoms with E-state index in [1.165, 1.54) is 16.4 Å². The number of thioether (sulfide) groups is 1. The van der Waals surface area contributed by atoms with Gasteiger partial charge in [-0.15, -0.1) is 11.8 Å². The zero-order valence-electron chi connectivity index (χ0n) is 13.2. The van der Waals surface area contributed by atoms with Crippen LogP contribution in [0.1, 0.15) is 5.56 Å². The fourth-order valence-corrected chi connectivity index (χ4v) is 4.02. The van der Waals surface area contributed by atoms with Gasteiger partial charge in [0.05, 0.1) is 15.9 Å². The lowest BCUT2D eigenvalue weighted by Crippen LogP contribution is -2.26. The van der Waals surface area contributed by atoms with E-state index in [0.717, 1.165) is 10.5 Å². The average Bonchev–Trinajstić information content (AvgIpc) is 2.94. The number of aromatic amines is 2. The quantitative estimate of drug-likeness (QED) is 0.682. The van der Waals surface area contributed by atoms with Gasteiger partial charge in [-0.2, -0.15) is 4.31 Å². The van der Waals surface area contributed by atoms with Crippen LogP contribution >= 0.6 is 11.8 Å². The van der Waals surface area contributed by atoms with Crippen molar-refractivity contribution >= 4 is 32.8 Å². The molecule has 1 heterocycles. The highest BCUT2D eigenvalue weighted by Gasteiger charge is 2.21. The van der Waals surface area contributed by atoms with E-state index in [2.05, 4.69) is 9.97 Å². The Morgan fingerprint density at radius 2 is 1.71 bits per heavy atom. The second kappa shape index (κ2) is 6.46. The molecule has 126 valence electrons. The molecule has 0 radical (unpaired) electrons. The van der Waals surface area contributed by atoms with Gasteiger partial charge in [-0.05, 0) is 42.2 Å². The molecule has 0 atom stereocenters. The molecular weight excluding hydrogens is 346 g/mol. The molecule has 0 aliphatic rings. The summed E-state index contributed by atoms with van der Waals surface area (Å²) in [5.41, 5.74) is 1.60. The lowest BCUT2D eigenvalue weighted by molar-refractivity contribution is 0.466. The van der Waals surface area contributed by atoms with Gasteiger partial charge in [0, 0.05) is 18.5 Å². The fraction of sp³-hybridized carbons (Fsp3) is 0.188. The van der Waals surface area contributed by atoms with Crippen LogP contribution in [0.3, 0.4) is 0 Å². The number of fused-ring (bicyclic) bond motifs is 1. The molecule has 3 rings (SSSR count). The van der Waals surface area contributed by atoms with E-state index < -0.39 is 10.0 Å². The Bertz CT molecular complexity index is 1020. The van der Waals surface area contributed by atoms with E-state index in [1.807, 2.05) is 30.5 Å². The number of aromatic nitrogens is 2. The average molecular weight is 363 g/mol. The minimum Gasteiger partial charge on any atom is -0.306 e. The number of rotatable bonds is 5. The number of benzene rings is 2. The Morgan fingerprint density at radius 1 is 1.04 bits per heavy atom. The first kappa shape index (κ1) is 16.8. The number of hydrogen-bond acceptors (Lipinski definition) is 4. The number of sulfonamides is 1.